The van der Waals surface area contributed by atoms with Crippen LogP contribution in [0, 0.1) is 21.4 Å². The molecule has 0 bridgehead atoms. The Morgan fingerprint density at radius 2 is 1.80 bits per heavy atom. The standard InChI is InChI=1S/C38H47N9O7S/c1-44-12-14-46(15-13-44)29-21-38(22-29)7-10-45(11-8-38)28-2-3-32(34(19-28)54-30-18-27-4-9-39-35(27)41-24-30)37(48)43-55(51,52)31-20-33(47(49)50)36(42-25-31)40-23-26-5-16-53-17-6-26/h2-4,9,18-20,24-26,29H,5-8,10-17,21-23H2,1H3,(H,39,41)(H,40,42)(H,43,48). The van der Waals surface area contributed by atoms with Crippen LogP contribution in [-0.4, -0.2) is 116 Å². The third kappa shape index (κ3) is 8.10. The first kappa shape index (κ1) is 37.1. The molecule has 6 heterocycles. The average molecular weight is 774 g/mol. The number of likely N-dealkylation sites (N-methyl/N-ethyl adjacent to an activating group) is 1. The van der Waals surface area contributed by atoms with Gasteiger partial charge in [0.05, 0.1) is 22.9 Å². The number of nitrogens with one attached hydrogen (secondary N) is 3. The van der Waals surface area contributed by atoms with Gasteiger partial charge in [-0.3, -0.25) is 19.8 Å². The lowest BCUT2D eigenvalue weighted by molar-refractivity contribution is -0.384. The first-order valence-electron chi connectivity index (χ1n) is 19.0. The number of fused-ring (bicyclic) bond motifs is 1. The number of hydrogen-bond donors (Lipinski definition) is 3. The molecular weight excluding hydrogens is 727 g/mol. The van der Waals surface area contributed by atoms with Crippen molar-refractivity contribution in [2.75, 3.05) is 76.3 Å². The summed E-state index contributed by atoms with van der Waals surface area (Å²) in [5.41, 5.74) is 1.35. The van der Waals surface area contributed by atoms with Crippen LogP contribution in [0.25, 0.3) is 11.0 Å². The number of rotatable bonds is 11. The number of carbonyl (C=O) groups excluding carboxylic acids is 1. The monoisotopic (exact) mass is 773 g/mol. The van der Waals surface area contributed by atoms with E-state index in [2.05, 4.69) is 46.7 Å². The van der Waals surface area contributed by atoms with E-state index in [0.717, 1.165) is 88.3 Å². The van der Waals surface area contributed by atoms with Gasteiger partial charge in [-0.1, -0.05) is 0 Å². The van der Waals surface area contributed by atoms with E-state index in [0.29, 0.717) is 42.6 Å². The van der Waals surface area contributed by atoms with Crippen LogP contribution >= 0.6 is 0 Å². The van der Waals surface area contributed by atoms with E-state index < -0.39 is 31.4 Å². The number of sulfonamides is 1. The second-order valence-electron chi connectivity index (χ2n) is 15.4. The van der Waals surface area contributed by atoms with Gasteiger partial charge in [0.1, 0.15) is 22.0 Å². The highest BCUT2D eigenvalue weighted by atomic mass is 32.2. The summed E-state index contributed by atoms with van der Waals surface area (Å²) in [5, 5.41) is 15.8. The van der Waals surface area contributed by atoms with E-state index in [4.69, 9.17) is 9.47 Å². The van der Waals surface area contributed by atoms with Gasteiger partial charge < -0.3 is 29.6 Å². The van der Waals surface area contributed by atoms with Gasteiger partial charge in [-0.2, -0.15) is 0 Å². The SMILES string of the molecule is CN1CCN(C2CC3(CCN(c4ccc(C(=O)NS(=O)(=O)c5cnc(NCC6CCOCC6)c([N+](=O)[O-])c5)c(Oc5cnc6[nH]ccc6c5)c4)CC3)C2)CC1. The molecule has 292 valence electrons. The van der Waals surface area contributed by atoms with Crippen molar-refractivity contribution in [1.82, 2.24) is 29.5 Å². The number of ether oxygens (including phenoxy) is 2. The minimum absolute atomic E-state index is 0.0267. The fourth-order valence-electron chi connectivity index (χ4n) is 8.40. The quantitative estimate of drug-likeness (QED) is 0.142. The molecule has 3 aliphatic heterocycles. The zero-order chi connectivity index (χ0) is 38.2. The summed E-state index contributed by atoms with van der Waals surface area (Å²) in [5.74, 6) is -0.235. The Hall–Kier alpha value is -4.84. The molecule has 1 aliphatic carbocycles. The van der Waals surface area contributed by atoms with E-state index in [-0.39, 0.29) is 23.0 Å². The van der Waals surface area contributed by atoms with Crippen molar-refractivity contribution in [1.29, 1.82) is 0 Å². The number of aromatic amines is 1. The number of amides is 1. The van der Waals surface area contributed by atoms with Crippen molar-refractivity contribution in [3.05, 3.63) is 70.7 Å². The van der Waals surface area contributed by atoms with E-state index in [1.165, 1.54) is 19.0 Å². The second-order valence-corrected chi connectivity index (χ2v) is 17.1. The molecule has 0 unspecified atom stereocenters. The van der Waals surface area contributed by atoms with Crippen LogP contribution in [-0.2, 0) is 14.8 Å². The van der Waals surface area contributed by atoms with Crippen molar-refractivity contribution in [3.8, 4) is 11.5 Å². The van der Waals surface area contributed by atoms with E-state index in [1.54, 1.807) is 30.5 Å². The van der Waals surface area contributed by atoms with Crippen molar-refractivity contribution >= 4 is 44.2 Å². The predicted octanol–water partition coefficient (Wildman–Crippen LogP) is 4.61. The van der Waals surface area contributed by atoms with E-state index in [1.807, 2.05) is 6.07 Å². The molecule has 4 aromatic rings. The number of piperazine rings is 1. The summed E-state index contributed by atoms with van der Waals surface area (Å²) in [6.45, 7) is 7.90. The average Bonchev–Trinajstić information content (AvgIpc) is 3.65. The van der Waals surface area contributed by atoms with Crippen molar-refractivity contribution in [2.45, 2.75) is 49.5 Å². The molecule has 0 radical (unpaired) electrons. The second kappa shape index (κ2) is 15.4. The number of anilines is 2. The minimum atomic E-state index is -4.58. The number of pyridine rings is 2. The zero-order valence-electron chi connectivity index (χ0n) is 30.9. The predicted molar refractivity (Wildman–Crippen MR) is 206 cm³/mol. The maximum atomic E-state index is 13.8. The van der Waals surface area contributed by atoms with Crippen molar-refractivity contribution < 1.29 is 27.6 Å². The lowest BCUT2D eigenvalue weighted by Gasteiger charge is -2.56. The molecule has 3 N–H and O–H groups in total. The van der Waals surface area contributed by atoms with Crippen LogP contribution in [0.3, 0.4) is 0 Å². The van der Waals surface area contributed by atoms with Gasteiger partial charge in [0.25, 0.3) is 15.9 Å². The van der Waals surface area contributed by atoms with E-state index >= 15 is 0 Å². The normalized spacial score (nSPS) is 20.0. The summed E-state index contributed by atoms with van der Waals surface area (Å²) in [6, 6.07) is 10.3. The van der Waals surface area contributed by atoms with Crippen LogP contribution in [0.1, 0.15) is 48.9 Å². The molecule has 1 spiro atoms. The fraction of sp³-hybridized carbons (Fsp3) is 0.500. The molecule has 4 fully saturated rings. The van der Waals surface area contributed by atoms with Crippen LogP contribution in [0.2, 0.25) is 0 Å². The topological polar surface area (TPSA) is 188 Å². The van der Waals surface area contributed by atoms with Crippen LogP contribution in [0.5, 0.6) is 11.5 Å². The number of carbonyl (C=O) groups is 1. The highest BCUT2D eigenvalue weighted by Gasteiger charge is 2.48. The van der Waals surface area contributed by atoms with Crippen LogP contribution in [0.15, 0.2) is 59.9 Å². The van der Waals surface area contributed by atoms with Crippen molar-refractivity contribution in [3.63, 3.8) is 0 Å². The number of hydrogen-bond acceptors (Lipinski definition) is 13. The minimum Gasteiger partial charge on any atom is -0.455 e. The van der Waals surface area contributed by atoms with Gasteiger partial charge in [0, 0.05) is 94.5 Å². The molecular formula is C38H47N9O7S. The van der Waals surface area contributed by atoms with Gasteiger partial charge in [-0.25, -0.2) is 23.1 Å². The number of nitro groups is 1. The number of nitrogens with zero attached hydrogens (tertiary/aromatic N) is 6. The van der Waals surface area contributed by atoms with Crippen LogP contribution in [0.4, 0.5) is 17.2 Å². The Morgan fingerprint density at radius 1 is 1.04 bits per heavy atom. The Labute approximate surface area is 319 Å². The maximum absolute atomic E-state index is 13.8. The van der Waals surface area contributed by atoms with Gasteiger partial charge >= 0.3 is 5.69 Å². The third-order valence-corrected chi connectivity index (χ3v) is 13.2. The molecule has 3 aromatic heterocycles. The molecule has 3 saturated heterocycles. The Morgan fingerprint density at radius 3 is 2.55 bits per heavy atom. The number of piperidine rings is 1. The first-order valence-corrected chi connectivity index (χ1v) is 20.5. The fourth-order valence-corrected chi connectivity index (χ4v) is 9.33. The van der Waals surface area contributed by atoms with Crippen molar-refractivity contribution in [2.24, 2.45) is 11.3 Å². The van der Waals surface area contributed by atoms with Crippen LogP contribution < -0.4 is 19.7 Å². The number of aromatic nitrogens is 3. The first-order chi connectivity index (χ1) is 26.5. The molecule has 1 aromatic carbocycles. The molecule has 55 heavy (non-hydrogen) atoms. The Kier molecular flexibility index (Phi) is 10.4. The molecule has 4 aliphatic rings. The highest BCUT2D eigenvalue weighted by Crippen LogP contribution is 2.51. The number of H-pyrrole nitrogens is 1. The Bertz CT molecular complexity index is 2150. The summed E-state index contributed by atoms with van der Waals surface area (Å²) < 4.78 is 40.8. The Balaban J connectivity index is 0.989. The summed E-state index contributed by atoms with van der Waals surface area (Å²) >= 11 is 0. The molecule has 0 atom stereocenters. The highest BCUT2D eigenvalue weighted by molar-refractivity contribution is 7.90. The molecule has 1 amide bonds. The van der Waals surface area contributed by atoms with E-state index in [9.17, 15) is 23.3 Å². The summed E-state index contributed by atoms with van der Waals surface area (Å²) in [7, 11) is -2.40. The summed E-state index contributed by atoms with van der Waals surface area (Å²) in [6.07, 6.45) is 10.5. The van der Waals surface area contributed by atoms with Gasteiger partial charge in [0.2, 0.25) is 5.82 Å². The molecule has 1 saturated carbocycles. The molecule has 8 rings (SSSR count). The number of benzene rings is 1. The lowest BCUT2D eigenvalue weighted by Crippen LogP contribution is -2.58. The largest absolute Gasteiger partial charge is 0.455 e. The van der Waals surface area contributed by atoms with Gasteiger partial charge in [0.15, 0.2) is 0 Å². The third-order valence-electron chi connectivity index (χ3n) is 11.9. The van der Waals surface area contributed by atoms with Gasteiger partial charge in [-0.05, 0) is 81.2 Å². The molecule has 16 nitrogen and oxygen atoms in total. The maximum Gasteiger partial charge on any atom is 0.312 e. The molecule has 17 heteroatoms. The van der Waals surface area contributed by atoms with Gasteiger partial charge in [-0.15, -0.1) is 0 Å². The lowest BCUT2D eigenvalue weighted by atomic mass is 9.60. The summed E-state index contributed by atoms with van der Waals surface area (Å²) in [4.78, 5) is 43.4. The smallest absolute Gasteiger partial charge is 0.312 e. The zero-order valence-corrected chi connectivity index (χ0v) is 31.7.